The van der Waals surface area contributed by atoms with Gasteiger partial charge in [0.05, 0.1) is 11.5 Å². The molecule has 11 heteroatoms. The number of carbonyl (C=O) groups is 2. The molecule has 0 bridgehead atoms. The molecule has 1 aliphatic heterocycles. The van der Waals surface area contributed by atoms with Crippen molar-refractivity contribution in [1.82, 2.24) is 20.2 Å². The van der Waals surface area contributed by atoms with Crippen LogP contribution in [0.2, 0.25) is 0 Å². The first-order valence-electron chi connectivity index (χ1n) is 11.2. The molecule has 3 rings (SSSR count). The number of carbonyl (C=O) groups excluding carboxylic acids is 2. The van der Waals surface area contributed by atoms with Crippen LogP contribution >= 0.6 is 11.3 Å². The number of hydrogen-bond acceptors (Lipinski definition) is 7. The molecule has 34 heavy (non-hydrogen) atoms. The smallest absolute Gasteiger partial charge is 0.280 e. The molecule has 0 saturated carbocycles. The number of thiazole rings is 1. The van der Waals surface area contributed by atoms with Crippen LogP contribution < -0.4 is 10.6 Å². The fraction of sp³-hybridized carbons (Fsp3) is 0.565. The summed E-state index contributed by atoms with van der Waals surface area (Å²) in [4.78, 5) is 36.5. The van der Waals surface area contributed by atoms with Crippen LogP contribution in [0.15, 0.2) is 12.3 Å². The number of likely N-dealkylation sites (tertiary alicyclic amines) is 1. The number of aromatic nitrogens is 2. The van der Waals surface area contributed by atoms with Gasteiger partial charge < -0.3 is 20.6 Å². The average molecular weight is 496 g/mol. The van der Waals surface area contributed by atoms with Gasteiger partial charge in [0.2, 0.25) is 0 Å². The number of nitrogens with zero attached hydrogens (tertiary/aromatic N) is 3. The molecule has 2 aromatic rings. The summed E-state index contributed by atoms with van der Waals surface area (Å²) in [7, 11) is 0. The van der Waals surface area contributed by atoms with E-state index < -0.39 is 24.3 Å². The number of nitrogens with one attached hydrogen (secondary N) is 2. The van der Waals surface area contributed by atoms with Crippen LogP contribution in [0, 0.1) is 0 Å². The van der Waals surface area contributed by atoms with E-state index in [9.17, 15) is 23.5 Å². The van der Waals surface area contributed by atoms with Crippen molar-refractivity contribution in [3.8, 4) is 10.4 Å². The summed E-state index contributed by atoms with van der Waals surface area (Å²) in [6.07, 6.45) is 0.139. The molecule has 0 radical (unpaired) electrons. The van der Waals surface area contributed by atoms with Crippen LogP contribution in [0.25, 0.3) is 10.4 Å². The molecule has 0 spiro atoms. The van der Waals surface area contributed by atoms with Gasteiger partial charge in [-0.1, -0.05) is 0 Å². The van der Waals surface area contributed by atoms with E-state index in [4.69, 9.17) is 0 Å². The molecule has 0 aromatic carbocycles. The molecule has 186 valence electrons. The predicted molar refractivity (Wildman–Crippen MR) is 127 cm³/mol. The first-order chi connectivity index (χ1) is 15.9. The molecule has 1 aliphatic rings. The number of halogens is 2. The van der Waals surface area contributed by atoms with Gasteiger partial charge >= 0.3 is 0 Å². The van der Waals surface area contributed by atoms with Gasteiger partial charge in [0, 0.05) is 41.5 Å². The largest absolute Gasteiger partial charge is 0.394 e. The maximum atomic E-state index is 14.1. The predicted octanol–water partition coefficient (Wildman–Crippen LogP) is 4.09. The molecule has 8 nitrogen and oxygen atoms in total. The van der Waals surface area contributed by atoms with Gasteiger partial charge in [0.15, 0.2) is 5.01 Å². The summed E-state index contributed by atoms with van der Waals surface area (Å²) in [5.41, 5.74) is -0.665. The van der Waals surface area contributed by atoms with Crippen molar-refractivity contribution in [1.29, 1.82) is 0 Å². The maximum Gasteiger partial charge on any atom is 0.280 e. The van der Waals surface area contributed by atoms with Gasteiger partial charge in [-0.05, 0) is 53.5 Å². The Hall–Kier alpha value is -2.66. The lowest BCUT2D eigenvalue weighted by atomic mass is 10.1. The Morgan fingerprint density at radius 2 is 2.06 bits per heavy atom. The summed E-state index contributed by atoms with van der Waals surface area (Å²) in [5.74, 6) is -0.701. The van der Waals surface area contributed by atoms with Gasteiger partial charge in [0.25, 0.3) is 18.2 Å². The van der Waals surface area contributed by atoms with Crippen molar-refractivity contribution in [2.75, 3.05) is 18.5 Å². The van der Waals surface area contributed by atoms with Crippen LogP contribution in [0.4, 0.5) is 14.6 Å². The third-order valence-corrected chi connectivity index (χ3v) is 6.50. The molecule has 2 atom stereocenters. The Labute approximate surface area is 201 Å². The molecular formula is C23H31F2N5O3S. The Bertz CT molecular complexity index is 1050. The molecule has 3 N–H and O–H groups in total. The number of aliphatic hydroxyl groups is 1. The van der Waals surface area contributed by atoms with E-state index in [2.05, 4.69) is 20.6 Å². The lowest BCUT2D eigenvalue weighted by molar-refractivity contribution is 0.0743. The minimum atomic E-state index is -2.83. The normalized spacial score (nSPS) is 17.2. The second kappa shape index (κ2) is 10.3. The minimum Gasteiger partial charge on any atom is -0.394 e. The van der Waals surface area contributed by atoms with Gasteiger partial charge in [-0.15, -0.1) is 11.3 Å². The fourth-order valence-electron chi connectivity index (χ4n) is 3.74. The molecule has 0 aliphatic carbocycles. The molecule has 2 amide bonds. The number of hydrogen-bond donors (Lipinski definition) is 3. The lowest BCUT2D eigenvalue weighted by Crippen LogP contribution is -2.35. The summed E-state index contributed by atoms with van der Waals surface area (Å²) in [6.45, 7) is 9.47. The number of anilines is 1. The standard InChI is InChI=1S/C23H31F2N5O3S/c1-12(11-31)27-20(32)21-28-17(22(33)30-8-6-7-13(30)2)18(34-21)15-10-26-16(29-23(3,4)5)9-14(15)19(24)25/h9-10,12-13,19,31H,6-8,11H2,1-5H3,(H,26,29)(H,27,32)/t12-,13+/m1/s1. The zero-order chi connectivity index (χ0) is 25.2. The number of rotatable bonds is 7. The SMILES string of the molecule is C[C@H](CO)NC(=O)c1nc(C(=O)N2CCC[C@@H]2C)c(-c2cnc(NC(C)(C)C)cc2C(F)F)s1. The van der Waals surface area contributed by atoms with Crippen molar-refractivity contribution in [2.24, 2.45) is 0 Å². The van der Waals surface area contributed by atoms with E-state index >= 15 is 0 Å². The molecule has 1 saturated heterocycles. The van der Waals surface area contributed by atoms with Gasteiger partial charge in [-0.25, -0.2) is 18.7 Å². The molecular weight excluding hydrogens is 464 g/mol. The van der Waals surface area contributed by atoms with Gasteiger partial charge in [-0.2, -0.15) is 0 Å². The maximum absolute atomic E-state index is 14.1. The Morgan fingerprint density at radius 1 is 1.35 bits per heavy atom. The number of amides is 2. The molecule has 1 fully saturated rings. The van der Waals surface area contributed by atoms with E-state index in [1.165, 1.54) is 12.3 Å². The van der Waals surface area contributed by atoms with Crippen molar-refractivity contribution < 1.29 is 23.5 Å². The summed E-state index contributed by atoms with van der Waals surface area (Å²) < 4.78 is 28.3. The zero-order valence-corrected chi connectivity index (χ0v) is 20.8. The summed E-state index contributed by atoms with van der Waals surface area (Å²) >= 11 is 0.866. The second-order valence-electron chi connectivity index (χ2n) is 9.58. The lowest BCUT2D eigenvalue weighted by Gasteiger charge is -2.23. The second-order valence-corrected chi connectivity index (χ2v) is 10.6. The highest BCUT2D eigenvalue weighted by atomic mass is 32.1. The number of alkyl halides is 2. The van der Waals surface area contributed by atoms with E-state index in [1.54, 1.807) is 11.8 Å². The Kier molecular flexibility index (Phi) is 7.87. The highest BCUT2D eigenvalue weighted by Crippen LogP contribution is 2.39. The first-order valence-corrected chi connectivity index (χ1v) is 12.0. The molecule has 3 heterocycles. The third-order valence-electron chi connectivity index (χ3n) is 5.41. The zero-order valence-electron chi connectivity index (χ0n) is 20.0. The van der Waals surface area contributed by atoms with E-state index in [0.717, 1.165) is 24.2 Å². The minimum absolute atomic E-state index is 0.0141. The van der Waals surface area contributed by atoms with Crippen LogP contribution in [-0.4, -0.2) is 62.6 Å². The third kappa shape index (κ3) is 5.87. The van der Waals surface area contributed by atoms with Crippen LogP contribution in [0.5, 0.6) is 0 Å². The highest BCUT2D eigenvalue weighted by Gasteiger charge is 2.33. The van der Waals surface area contributed by atoms with Crippen molar-refractivity contribution in [3.63, 3.8) is 0 Å². The van der Waals surface area contributed by atoms with Crippen LogP contribution in [-0.2, 0) is 0 Å². The van der Waals surface area contributed by atoms with Crippen LogP contribution in [0.1, 0.15) is 79.7 Å². The number of pyridine rings is 1. The van der Waals surface area contributed by atoms with E-state index in [1.807, 2.05) is 27.7 Å². The Balaban J connectivity index is 2.11. The van der Waals surface area contributed by atoms with Gasteiger partial charge in [-0.3, -0.25) is 9.59 Å². The first kappa shape index (κ1) is 26.0. The summed E-state index contributed by atoms with van der Waals surface area (Å²) in [6, 6.07) is 0.726. The molecule has 0 unspecified atom stereocenters. The average Bonchev–Trinajstić information content (AvgIpc) is 3.38. The van der Waals surface area contributed by atoms with Crippen molar-refractivity contribution >= 4 is 29.0 Å². The van der Waals surface area contributed by atoms with Crippen LogP contribution in [0.3, 0.4) is 0 Å². The monoisotopic (exact) mass is 495 g/mol. The van der Waals surface area contributed by atoms with Gasteiger partial charge in [0.1, 0.15) is 11.5 Å². The molecule has 2 aromatic heterocycles. The highest BCUT2D eigenvalue weighted by molar-refractivity contribution is 7.17. The van der Waals surface area contributed by atoms with Crippen molar-refractivity contribution in [3.05, 3.63) is 28.5 Å². The topological polar surface area (TPSA) is 107 Å². The van der Waals surface area contributed by atoms with E-state index in [-0.39, 0.29) is 50.7 Å². The summed E-state index contributed by atoms with van der Waals surface area (Å²) in [5, 5.41) is 14.9. The van der Waals surface area contributed by atoms with E-state index in [0.29, 0.717) is 6.54 Å². The van der Waals surface area contributed by atoms with Crippen molar-refractivity contribution in [2.45, 2.75) is 71.5 Å². The number of aliphatic hydroxyl groups excluding tert-OH is 1. The Morgan fingerprint density at radius 3 is 2.62 bits per heavy atom. The fourth-order valence-corrected chi connectivity index (χ4v) is 4.73. The quantitative estimate of drug-likeness (QED) is 0.534.